The lowest BCUT2D eigenvalue weighted by Crippen LogP contribution is -2.66. The second kappa shape index (κ2) is 7.02. The van der Waals surface area contributed by atoms with Crippen LogP contribution in [0.2, 0.25) is 0 Å². The third-order valence-electron chi connectivity index (χ3n) is 8.14. The first-order chi connectivity index (χ1) is 15.3. The standard InChI is InChI=1S/C22H27NO9/c24-11-3-2-9-10-7-8-1-4-12(17-13(8)22(9,5-6-23-10)19(11)31-17)30-21-16(27)14(25)15(26)18(32-21)20(28)29/h1,4,9-11,14-16,18-19,21,23-27H,2-3,5-7H2,(H,28,29)/t9-,10?,11-,14-,15-,16+,18-,19-,21?,22?/m0/s1. The highest BCUT2D eigenvalue weighted by Gasteiger charge is 2.64. The first kappa shape index (κ1) is 20.6. The summed E-state index contributed by atoms with van der Waals surface area (Å²) in [5.41, 5.74) is 1.84. The van der Waals surface area contributed by atoms with Gasteiger partial charge in [0, 0.05) is 17.0 Å². The van der Waals surface area contributed by atoms with Gasteiger partial charge in [-0.05, 0) is 49.8 Å². The van der Waals surface area contributed by atoms with Crippen LogP contribution < -0.4 is 14.8 Å². The number of ether oxygens (including phenoxy) is 3. The molecule has 10 heteroatoms. The average Bonchev–Trinajstić information content (AvgIpc) is 3.11. The van der Waals surface area contributed by atoms with Gasteiger partial charge in [0.05, 0.1) is 6.10 Å². The van der Waals surface area contributed by atoms with Crippen molar-refractivity contribution in [3.05, 3.63) is 23.3 Å². The molecular formula is C22H27NO9. The molecule has 1 aromatic carbocycles. The van der Waals surface area contributed by atoms with E-state index in [1.54, 1.807) is 6.07 Å². The summed E-state index contributed by atoms with van der Waals surface area (Å²) in [5, 5.41) is 54.2. The summed E-state index contributed by atoms with van der Waals surface area (Å²) in [6.45, 7) is 0.826. The molecule has 1 saturated carbocycles. The molecule has 6 N–H and O–H groups in total. The van der Waals surface area contributed by atoms with Crippen LogP contribution in [0, 0.1) is 5.92 Å². The fourth-order valence-corrected chi connectivity index (χ4v) is 6.79. The van der Waals surface area contributed by atoms with Crippen LogP contribution in [0.25, 0.3) is 0 Å². The van der Waals surface area contributed by atoms with E-state index in [4.69, 9.17) is 14.2 Å². The van der Waals surface area contributed by atoms with Crippen LogP contribution in [0.3, 0.4) is 0 Å². The van der Waals surface area contributed by atoms with Gasteiger partial charge in [0.1, 0.15) is 24.4 Å². The van der Waals surface area contributed by atoms with E-state index in [1.165, 1.54) is 0 Å². The lowest BCUT2D eigenvalue weighted by atomic mass is 9.52. The number of carboxylic acid groups (broad SMARTS) is 1. The van der Waals surface area contributed by atoms with Gasteiger partial charge < -0.3 is 45.1 Å². The number of carbonyl (C=O) groups is 1. The number of benzene rings is 1. The normalized spacial score (nSPS) is 46.2. The molecule has 3 fully saturated rings. The minimum absolute atomic E-state index is 0.257. The smallest absolute Gasteiger partial charge is 0.335 e. The second-order valence-electron chi connectivity index (χ2n) is 9.62. The van der Waals surface area contributed by atoms with Crippen LogP contribution in [-0.2, 0) is 21.4 Å². The lowest BCUT2D eigenvalue weighted by Gasteiger charge is -2.56. The molecular weight excluding hydrogens is 422 g/mol. The highest BCUT2D eigenvalue weighted by molar-refractivity contribution is 5.73. The first-order valence-electron chi connectivity index (χ1n) is 11.2. The van der Waals surface area contributed by atoms with Crippen molar-refractivity contribution in [3.8, 4) is 11.5 Å². The minimum atomic E-state index is -1.79. The first-order valence-corrected chi connectivity index (χ1v) is 11.2. The third kappa shape index (κ3) is 2.59. The summed E-state index contributed by atoms with van der Waals surface area (Å²) in [4.78, 5) is 11.4. The Bertz CT molecular complexity index is 956. The van der Waals surface area contributed by atoms with Gasteiger partial charge in [0.25, 0.3) is 0 Å². The van der Waals surface area contributed by atoms with E-state index >= 15 is 0 Å². The monoisotopic (exact) mass is 449 g/mol. The van der Waals surface area contributed by atoms with E-state index in [0.29, 0.717) is 24.1 Å². The zero-order valence-electron chi connectivity index (χ0n) is 17.3. The number of piperidine rings is 1. The zero-order chi connectivity index (χ0) is 22.4. The predicted octanol–water partition coefficient (Wildman–Crippen LogP) is -1.35. The maximum absolute atomic E-state index is 11.4. The Kier molecular flexibility index (Phi) is 4.53. The number of carboxylic acids is 1. The molecule has 32 heavy (non-hydrogen) atoms. The molecule has 1 spiro atoms. The quantitative estimate of drug-likeness (QED) is 0.326. The Labute approximate surface area is 183 Å². The van der Waals surface area contributed by atoms with E-state index in [0.717, 1.165) is 36.9 Å². The molecule has 6 rings (SSSR count). The van der Waals surface area contributed by atoms with E-state index < -0.39 is 48.9 Å². The van der Waals surface area contributed by atoms with Crippen molar-refractivity contribution in [1.29, 1.82) is 0 Å². The molecule has 2 bridgehead atoms. The summed E-state index contributed by atoms with van der Waals surface area (Å²) in [6.07, 6.45) is -6.25. The molecule has 1 aromatic rings. The number of nitrogens with one attached hydrogen (secondary N) is 1. The fraction of sp³-hybridized carbons (Fsp3) is 0.682. The summed E-state index contributed by atoms with van der Waals surface area (Å²) in [6, 6.07) is 3.95. The Morgan fingerprint density at radius 1 is 1.12 bits per heavy atom. The van der Waals surface area contributed by atoms with Gasteiger partial charge in [-0.3, -0.25) is 0 Å². The highest BCUT2D eigenvalue weighted by Crippen LogP contribution is 2.62. The zero-order valence-corrected chi connectivity index (χ0v) is 17.3. The highest BCUT2D eigenvalue weighted by atomic mass is 16.7. The third-order valence-corrected chi connectivity index (χ3v) is 8.14. The van der Waals surface area contributed by atoms with Gasteiger partial charge in [-0.2, -0.15) is 0 Å². The van der Waals surface area contributed by atoms with Crippen LogP contribution in [0.4, 0.5) is 0 Å². The SMILES string of the molecule is O=C(O)[C@H]1OC(Oc2ccc3c4c2O[C@H]2[C@@H](O)CC[C@H]5C(C3)NCCC452)[C@H](O)[C@@H](O)[C@@H]1O. The molecule has 3 aliphatic heterocycles. The minimum Gasteiger partial charge on any atom is -0.483 e. The molecule has 10 atom stereocenters. The van der Waals surface area contributed by atoms with Crippen LogP contribution in [0.1, 0.15) is 30.4 Å². The van der Waals surface area contributed by atoms with Crippen molar-refractivity contribution < 1.29 is 44.5 Å². The Hall–Kier alpha value is -1.95. The molecule has 5 aliphatic rings. The Morgan fingerprint density at radius 3 is 2.72 bits per heavy atom. The summed E-state index contributed by atoms with van der Waals surface area (Å²) in [5.74, 6) is -0.396. The maximum atomic E-state index is 11.4. The van der Waals surface area contributed by atoms with Gasteiger partial charge in [-0.25, -0.2) is 4.79 Å². The van der Waals surface area contributed by atoms with Crippen LogP contribution in [0.15, 0.2) is 12.1 Å². The Morgan fingerprint density at radius 2 is 1.94 bits per heavy atom. The van der Waals surface area contributed by atoms with Crippen molar-refractivity contribution in [2.45, 2.75) is 80.1 Å². The fourth-order valence-electron chi connectivity index (χ4n) is 6.79. The van der Waals surface area contributed by atoms with Gasteiger partial charge >= 0.3 is 5.97 Å². The largest absolute Gasteiger partial charge is 0.483 e. The van der Waals surface area contributed by atoms with E-state index in [9.17, 15) is 30.3 Å². The lowest BCUT2D eigenvalue weighted by molar-refractivity contribution is -0.271. The number of aliphatic hydroxyl groups excluding tert-OH is 4. The molecule has 2 saturated heterocycles. The number of hydrogen-bond donors (Lipinski definition) is 6. The van der Waals surface area contributed by atoms with Gasteiger partial charge in [0.15, 0.2) is 17.6 Å². The van der Waals surface area contributed by atoms with Crippen molar-refractivity contribution in [2.75, 3.05) is 6.54 Å². The molecule has 0 radical (unpaired) electrons. The van der Waals surface area contributed by atoms with Crippen molar-refractivity contribution in [2.24, 2.45) is 5.92 Å². The van der Waals surface area contributed by atoms with Gasteiger partial charge in [-0.1, -0.05) is 6.07 Å². The van der Waals surface area contributed by atoms with E-state index in [-0.39, 0.29) is 11.2 Å². The molecule has 2 aliphatic carbocycles. The van der Waals surface area contributed by atoms with Gasteiger partial charge in [-0.15, -0.1) is 0 Å². The molecule has 3 unspecified atom stereocenters. The average molecular weight is 449 g/mol. The van der Waals surface area contributed by atoms with Gasteiger partial charge in [0.2, 0.25) is 6.29 Å². The summed E-state index contributed by atoms with van der Waals surface area (Å²) >= 11 is 0. The van der Waals surface area contributed by atoms with Crippen LogP contribution in [0.5, 0.6) is 11.5 Å². The van der Waals surface area contributed by atoms with Crippen molar-refractivity contribution >= 4 is 5.97 Å². The number of hydrogen-bond acceptors (Lipinski definition) is 9. The molecule has 0 aromatic heterocycles. The van der Waals surface area contributed by atoms with E-state index in [1.807, 2.05) is 6.07 Å². The predicted molar refractivity (Wildman–Crippen MR) is 106 cm³/mol. The molecule has 10 nitrogen and oxygen atoms in total. The maximum Gasteiger partial charge on any atom is 0.335 e. The second-order valence-corrected chi connectivity index (χ2v) is 9.62. The summed E-state index contributed by atoms with van der Waals surface area (Å²) in [7, 11) is 0. The molecule has 174 valence electrons. The van der Waals surface area contributed by atoms with Crippen molar-refractivity contribution in [3.63, 3.8) is 0 Å². The molecule has 3 heterocycles. The number of rotatable bonds is 3. The van der Waals surface area contributed by atoms with Crippen LogP contribution in [-0.4, -0.2) is 87.0 Å². The van der Waals surface area contributed by atoms with Crippen LogP contribution >= 0.6 is 0 Å². The van der Waals surface area contributed by atoms with Crippen molar-refractivity contribution in [1.82, 2.24) is 5.32 Å². The topological polar surface area (TPSA) is 158 Å². The number of aliphatic carboxylic acids is 1. The van der Waals surface area contributed by atoms with E-state index in [2.05, 4.69) is 5.32 Å². The summed E-state index contributed by atoms with van der Waals surface area (Å²) < 4.78 is 17.5. The Balaban J connectivity index is 1.39. The number of aliphatic hydroxyl groups is 4. The molecule has 0 amide bonds.